The van der Waals surface area contributed by atoms with Crippen molar-refractivity contribution < 1.29 is 22.1 Å². The molecule has 2 aromatic heterocycles. The van der Waals surface area contributed by atoms with Crippen molar-refractivity contribution >= 4 is 0 Å². The Balaban J connectivity index is 1.67. The van der Waals surface area contributed by atoms with Crippen molar-refractivity contribution in [1.29, 1.82) is 0 Å². The van der Waals surface area contributed by atoms with Gasteiger partial charge in [0.1, 0.15) is 11.5 Å². The van der Waals surface area contributed by atoms with E-state index >= 15 is 0 Å². The van der Waals surface area contributed by atoms with Crippen molar-refractivity contribution in [2.24, 2.45) is 5.73 Å². The fourth-order valence-corrected chi connectivity index (χ4v) is 2.58. The van der Waals surface area contributed by atoms with Crippen LogP contribution in [-0.4, -0.2) is 21.6 Å². The molecule has 0 saturated heterocycles. The maximum atomic E-state index is 12.7. The summed E-state index contributed by atoms with van der Waals surface area (Å²) in [5, 5.41) is 3.87. The summed E-state index contributed by atoms with van der Waals surface area (Å²) >= 11 is 0. The van der Waals surface area contributed by atoms with Gasteiger partial charge in [-0.2, -0.15) is 18.2 Å². The van der Waals surface area contributed by atoms with Crippen LogP contribution in [0, 0.1) is 0 Å². The van der Waals surface area contributed by atoms with Crippen molar-refractivity contribution in [3.05, 3.63) is 59.4 Å². The van der Waals surface area contributed by atoms with Gasteiger partial charge in [-0.1, -0.05) is 24.2 Å². The van der Waals surface area contributed by atoms with Crippen LogP contribution in [0.1, 0.15) is 30.0 Å². The number of nitrogens with two attached hydrogens (primary N) is 1. The monoisotopic (exact) mass is 380 g/mol. The molecule has 0 bridgehead atoms. The van der Waals surface area contributed by atoms with Gasteiger partial charge in [0.15, 0.2) is 5.82 Å². The molecule has 3 rings (SSSR count). The van der Waals surface area contributed by atoms with Gasteiger partial charge in [0.2, 0.25) is 5.89 Å². The van der Waals surface area contributed by atoms with Gasteiger partial charge in [-0.05, 0) is 30.8 Å². The number of halogens is 3. The van der Waals surface area contributed by atoms with Gasteiger partial charge in [-0.3, -0.25) is 4.90 Å². The van der Waals surface area contributed by atoms with E-state index in [2.05, 4.69) is 10.1 Å². The average molecular weight is 380 g/mol. The third-order valence-electron chi connectivity index (χ3n) is 4.03. The Morgan fingerprint density at radius 3 is 2.41 bits per heavy atom. The molecule has 1 aromatic carbocycles. The van der Waals surface area contributed by atoms with Crippen LogP contribution in [0.2, 0.25) is 0 Å². The fraction of sp³-hybridized carbons (Fsp3) is 0.333. The smallest absolute Gasteiger partial charge is 0.416 e. The van der Waals surface area contributed by atoms with Crippen LogP contribution >= 0.6 is 0 Å². The number of furan rings is 1. The molecular weight excluding hydrogens is 361 g/mol. The van der Waals surface area contributed by atoms with E-state index in [1.165, 1.54) is 12.1 Å². The van der Waals surface area contributed by atoms with E-state index < -0.39 is 11.7 Å². The lowest BCUT2D eigenvalue weighted by Gasteiger charge is -2.16. The summed E-state index contributed by atoms with van der Waals surface area (Å²) < 4.78 is 48.7. The molecular formula is C18H19F3N4O2. The largest absolute Gasteiger partial charge is 0.460 e. The normalized spacial score (nSPS) is 12.1. The van der Waals surface area contributed by atoms with Crippen LogP contribution in [0.4, 0.5) is 13.2 Å². The zero-order valence-electron chi connectivity index (χ0n) is 14.7. The molecule has 9 heteroatoms. The highest BCUT2D eigenvalue weighted by Crippen LogP contribution is 2.31. The molecule has 0 aliphatic heterocycles. The molecule has 0 radical (unpaired) electrons. The number of hydrogen-bond donors (Lipinski definition) is 1. The lowest BCUT2D eigenvalue weighted by Crippen LogP contribution is -2.22. The molecule has 0 fully saturated rings. The van der Waals surface area contributed by atoms with Crippen LogP contribution in [-0.2, 0) is 25.8 Å². The van der Waals surface area contributed by atoms with Crippen LogP contribution in [0.5, 0.6) is 0 Å². The van der Waals surface area contributed by atoms with Gasteiger partial charge in [0, 0.05) is 5.56 Å². The summed E-state index contributed by atoms with van der Waals surface area (Å²) in [4.78, 5) is 6.21. The summed E-state index contributed by atoms with van der Waals surface area (Å²) in [5.41, 5.74) is 5.35. The van der Waals surface area contributed by atoms with Gasteiger partial charge in [0.25, 0.3) is 0 Å². The average Bonchev–Trinajstić information content (AvgIpc) is 3.30. The molecule has 144 valence electrons. The molecule has 3 aromatic rings. The second kappa shape index (κ2) is 7.93. The maximum absolute atomic E-state index is 12.7. The Morgan fingerprint density at radius 2 is 1.81 bits per heavy atom. The third-order valence-corrected chi connectivity index (χ3v) is 4.03. The van der Waals surface area contributed by atoms with Crippen LogP contribution in [0.25, 0.3) is 11.3 Å². The van der Waals surface area contributed by atoms with Gasteiger partial charge >= 0.3 is 6.18 Å². The van der Waals surface area contributed by atoms with E-state index in [4.69, 9.17) is 14.7 Å². The first-order valence-electron chi connectivity index (χ1n) is 8.39. The zero-order valence-corrected chi connectivity index (χ0v) is 14.7. The SMILES string of the molecule is CCN(Cc1noc(CN)n1)Cc1ccc(-c2ccc(C(F)(F)F)cc2)o1. The quantitative estimate of drug-likeness (QED) is 0.671. The van der Waals surface area contributed by atoms with E-state index in [1.807, 2.05) is 11.8 Å². The number of hydrogen-bond acceptors (Lipinski definition) is 6. The number of nitrogens with zero attached hydrogens (tertiary/aromatic N) is 3. The minimum absolute atomic E-state index is 0.188. The molecule has 27 heavy (non-hydrogen) atoms. The Hall–Kier alpha value is -2.65. The highest BCUT2D eigenvalue weighted by Gasteiger charge is 2.30. The van der Waals surface area contributed by atoms with Gasteiger partial charge in [0.05, 0.1) is 25.2 Å². The maximum Gasteiger partial charge on any atom is 0.416 e. The first kappa shape index (κ1) is 19.1. The summed E-state index contributed by atoms with van der Waals surface area (Å²) in [5.74, 6) is 2.12. The van der Waals surface area contributed by atoms with E-state index in [0.29, 0.717) is 41.9 Å². The second-order valence-corrected chi connectivity index (χ2v) is 5.95. The van der Waals surface area contributed by atoms with Crippen molar-refractivity contribution in [2.75, 3.05) is 6.54 Å². The lowest BCUT2D eigenvalue weighted by atomic mass is 10.1. The van der Waals surface area contributed by atoms with Crippen molar-refractivity contribution in [3.63, 3.8) is 0 Å². The van der Waals surface area contributed by atoms with Gasteiger partial charge in [-0.15, -0.1) is 0 Å². The fourth-order valence-electron chi connectivity index (χ4n) is 2.58. The lowest BCUT2D eigenvalue weighted by molar-refractivity contribution is -0.137. The highest BCUT2D eigenvalue weighted by atomic mass is 19.4. The molecule has 2 N–H and O–H groups in total. The Bertz CT molecular complexity index is 871. The molecule has 0 aliphatic rings. The molecule has 0 spiro atoms. The van der Waals surface area contributed by atoms with Crippen molar-refractivity contribution in [3.8, 4) is 11.3 Å². The number of rotatable bonds is 7. The van der Waals surface area contributed by atoms with Crippen LogP contribution in [0.15, 0.2) is 45.3 Å². The molecule has 2 heterocycles. The summed E-state index contributed by atoms with van der Waals surface area (Å²) in [6.45, 7) is 3.88. The standard InChI is InChI=1S/C18H19F3N4O2/c1-2-25(11-16-23-17(9-22)27-24-16)10-14-7-8-15(26-14)12-3-5-13(6-4-12)18(19,20)21/h3-8H,2,9-11,22H2,1H3. The molecule has 0 aliphatic carbocycles. The third kappa shape index (κ3) is 4.75. The minimum Gasteiger partial charge on any atom is -0.460 e. The second-order valence-electron chi connectivity index (χ2n) is 5.95. The van der Waals surface area contributed by atoms with E-state index in [0.717, 1.165) is 18.7 Å². The predicted molar refractivity (Wildman–Crippen MR) is 91.1 cm³/mol. The van der Waals surface area contributed by atoms with Crippen LogP contribution < -0.4 is 5.73 Å². The minimum atomic E-state index is -4.35. The molecule has 0 unspecified atom stereocenters. The molecule has 6 nitrogen and oxygen atoms in total. The Labute approximate surface area is 153 Å². The van der Waals surface area contributed by atoms with E-state index in [9.17, 15) is 13.2 Å². The summed E-state index contributed by atoms with van der Waals surface area (Å²) in [6, 6.07) is 8.43. The highest BCUT2D eigenvalue weighted by molar-refractivity contribution is 5.58. The topological polar surface area (TPSA) is 81.3 Å². The van der Waals surface area contributed by atoms with E-state index in [1.54, 1.807) is 12.1 Å². The zero-order chi connectivity index (χ0) is 19.4. The first-order valence-corrected chi connectivity index (χ1v) is 8.39. The number of aromatic nitrogens is 2. The molecule has 0 amide bonds. The summed E-state index contributed by atoms with van der Waals surface area (Å²) in [7, 11) is 0. The predicted octanol–water partition coefficient (Wildman–Crippen LogP) is 3.83. The number of benzene rings is 1. The van der Waals surface area contributed by atoms with E-state index in [-0.39, 0.29) is 6.54 Å². The summed E-state index contributed by atoms with van der Waals surface area (Å²) in [6.07, 6.45) is -4.35. The first-order chi connectivity index (χ1) is 12.9. The number of alkyl halides is 3. The van der Waals surface area contributed by atoms with Crippen molar-refractivity contribution in [2.45, 2.75) is 32.7 Å². The van der Waals surface area contributed by atoms with Crippen molar-refractivity contribution in [1.82, 2.24) is 15.0 Å². The Kier molecular flexibility index (Phi) is 5.62. The molecule has 0 atom stereocenters. The van der Waals surface area contributed by atoms with Gasteiger partial charge < -0.3 is 14.7 Å². The Morgan fingerprint density at radius 1 is 1.07 bits per heavy atom. The van der Waals surface area contributed by atoms with Crippen LogP contribution in [0.3, 0.4) is 0 Å². The molecule has 0 saturated carbocycles. The van der Waals surface area contributed by atoms with Gasteiger partial charge in [-0.25, -0.2) is 0 Å².